The SMILES string of the molecule is CCCC(CN)C(=O)Nc1ccc(F)c(C#N)c1. The van der Waals surface area contributed by atoms with E-state index in [9.17, 15) is 9.18 Å². The molecule has 1 aromatic rings. The summed E-state index contributed by atoms with van der Waals surface area (Å²) in [5.74, 6) is -1.06. The minimum absolute atomic E-state index is 0.0902. The van der Waals surface area contributed by atoms with Crippen LogP contribution in [0.5, 0.6) is 0 Å². The van der Waals surface area contributed by atoms with Crippen LogP contribution >= 0.6 is 0 Å². The Morgan fingerprint density at radius 1 is 1.61 bits per heavy atom. The zero-order valence-corrected chi connectivity index (χ0v) is 10.2. The summed E-state index contributed by atoms with van der Waals surface area (Å²) in [4.78, 5) is 11.9. The zero-order chi connectivity index (χ0) is 13.5. The van der Waals surface area contributed by atoms with Gasteiger partial charge in [-0.2, -0.15) is 5.26 Å². The number of hydrogen-bond donors (Lipinski definition) is 2. The first kappa shape index (κ1) is 14.1. The molecule has 1 unspecified atom stereocenters. The highest BCUT2D eigenvalue weighted by atomic mass is 19.1. The number of nitriles is 1. The van der Waals surface area contributed by atoms with E-state index < -0.39 is 5.82 Å². The zero-order valence-electron chi connectivity index (χ0n) is 10.2. The molecule has 0 fully saturated rings. The molecule has 0 bridgehead atoms. The molecule has 0 saturated carbocycles. The minimum Gasteiger partial charge on any atom is -0.330 e. The fourth-order valence-electron chi connectivity index (χ4n) is 1.64. The van der Waals surface area contributed by atoms with Crippen molar-refractivity contribution in [2.24, 2.45) is 11.7 Å². The van der Waals surface area contributed by atoms with Crippen LogP contribution in [0.25, 0.3) is 0 Å². The van der Waals surface area contributed by atoms with Gasteiger partial charge in [0.1, 0.15) is 11.9 Å². The predicted molar refractivity (Wildman–Crippen MR) is 67.2 cm³/mol. The van der Waals surface area contributed by atoms with E-state index in [0.29, 0.717) is 12.1 Å². The Hall–Kier alpha value is -1.93. The molecule has 0 saturated heterocycles. The third-order valence-electron chi connectivity index (χ3n) is 2.65. The van der Waals surface area contributed by atoms with Crippen LogP contribution in [0.1, 0.15) is 25.3 Å². The largest absolute Gasteiger partial charge is 0.330 e. The number of carbonyl (C=O) groups excluding carboxylic acids is 1. The molecule has 1 aromatic carbocycles. The van der Waals surface area contributed by atoms with Crippen molar-refractivity contribution in [1.82, 2.24) is 0 Å². The van der Waals surface area contributed by atoms with Gasteiger partial charge in [-0.05, 0) is 24.6 Å². The van der Waals surface area contributed by atoms with Crippen molar-refractivity contribution in [1.29, 1.82) is 5.26 Å². The van der Waals surface area contributed by atoms with E-state index in [0.717, 1.165) is 12.5 Å². The van der Waals surface area contributed by atoms with Gasteiger partial charge in [0.25, 0.3) is 0 Å². The average molecular weight is 249 g/mol. The first-order valence-electron chi connectivity index (χ1n) is 5.83. The Kier molecular flexibility index (Phi) is 5.28. The van der Waals surface area contributed by atoms with E-state index in [2.05, 4.69) is 5.32 Å². The lowest BCUT2D eigenvalue weighted by Crippen LogP contribution is -2.29. The quantitative estimate of drug-likeness (QED) is 0.837. The maximum absolute atomic E-state index is 13.1. The highest BCUT2D eigenvalue weighted by Gasteiger charge is 2.16. The molecular weight excluding hydrogens is 233 g/mol. The molecule has 5 heteroatoms. The van der Waals surface area contributed by atoms with E-state index in [1.54, 1.807) is 6.07 Å². The lowest BCUT2D eigenvalue weighted by molar-refractivity contribution is -0.119. The third-order valence-corrected chi connectivity index (χ3v) is 2.65. The van der Waals surface area contributed by atoms with Crippen molar-refractivity contribution in [3.05, 3.63) is 29.6 Å². The van der Waals surface area contributed by atoms with Crippen molar-refractivity contribution < 1.29 is 9.18 Å². The van der Waals surface area contributed by atoms with Crippen LogP contribution in [0.4, 0.5) is 10.1 Å². The third kappa shape index (κ3) is 3.54. The lowest BCUT2D eigenvalue weighted by atomic mass is 10.0. The Balaban J connectivity index is 2.78. The highest BCUT2D eigenvalue weighted by molar-refractivity contribution is 5.92. The fourth-order valence-corrected chi connectivity index (χ4v) is 1.64. The fraction of sp³-hybridized carbons (Fsp3) is 0.385. The number of nitrogens with zero attached hydrogens (tertiary/aromatic N) is 1. The molecule has 1 amide bonds. The molecule has 0 aliphatic heterocycles. The van der Waals surface area contributed by atoms with E-state index in [-0.39, 0.29) is 23.9 Å². The minimum atomic E-state index is -0.598. The number of rotatable bonds is 5. The molecule has 4 nitrogen and oxygen atoms in total. The summed E-state index contributed by atoms with van der Waals surface area (Å²) in [5.41, 5.74) is 5.84. The molecule has 0 heterocycles. The molecule has 0 spiro atoms. The van der Waals surface area contributed by atoms with Gasteiger partial charge in [0, 0.05) is 12.2 Å². The van der Waals surface area contributed by atoms with Crippen molar-refractivity contribution >= 4 is 11.6 Å². The van der Waals surface area contributed by atoms with Crippen molar-refractivity contribution in [3.63, 3.8) is 0 Å². The Morgan fingerprint density at radius 3 is 2.89 bits per heavy atom. The molecule has 96 valence electrons. The smallest absolute Gasteiger partial charge is 0.228 e. The lowest BCUT2D eigenvalue weighted by Gasteiger charge is -2.14. The summed E-state index contributed by atoms with van der Waals surface area (Å²) >= 11 is 0. The van der Waals surface area contributed by atoms with Gasteiger partial charge in [-0.15, -0.1) is 0 Å². The number of benzene rings is 1. The monoisotopic (exact) mass is 249 g/mol. The Bertz CT molecular complexity index is 468. The molecule has 1 atom stereocenters. The number of nitrogens with two attached hydrogens (primary N) is 1. The Labute approximate surface area is 106 Å². The summed E-state index contributed by atoms with van der Waals surface area (Å²) in [6, 6.07) is 5.62. The van der Waals surface area contributed by atoms with Gasteiger partial charge in [0.15, 0.2) is 0 Å². The van der Waals surface area contributed by atoms with Crippen LogP contribution in [-0.2, 0) is 4.79 Å². The number of hydrogen-bond acceptors (Lipinski definition) is 3. The van der Waals surface area contributed by atoms with Gasteiger partial charge >= 0.3 is 0 Å². The summed E-state index contributed by atoms with van der Waals surface area (Å²) in [5, 5.41) is 11.3. The van der Waals surface area contributed by atoms with Gasteiger partial charge in [-0.25, -0.2) is 4.39 Å². The number of halogens is 1. The summed E-state index contributed by atoms with van der Waals surface area (Å²) in [7, 11) is 0. The molecule has 3 N–H and O–H groups in total. The van der Waals surface area contributed by atoms with E-state index >= 15 is 0 Å². The molecule has 0 aromatic heterocycles. The van der Waals surface area contributed by atoms with Crippen molar-refractivity contribution in [2.75, 3.05) is 11.9 Å². The van der Waals surface area contributed by atoms with Crippen LogP contribution in [0.15, 0.2) is 18.2 Å². The van der Waals surface area contributed by atoms with Crippen LogP contribution in [0.3, 0.4) is 0 Å². The maximum Gasteiger partial charge on any atom is 0.228 e. The van der Waals surface area contributed by atoms with Crippen LogP contribution in [-0.4, -0.2) is 12.5 Å². The first-order chi connectivity index (χ1) is 8.62. The predicted octanol–water partition coefficient (Wildman–Crippen LogP) is 2.01. The Morgan fingerprint density at radius 2 is 2.33 bits per heavy atom. The summed E-state index contributed by atoms with van der Waals surface area (Å²) < 4.78 is 13.1. The molecule has 18 heavy (non-hydrogen) atoms. The standard InChI is InChI=1S/C13H16FN3O/c1-2-3-9(7-15)13(18)17-11-4-5-12(14)10(6-11)8-16/h4-6,9H,2-3,7,15H2,1H3,(H,17,18). The van der Waals surface area contributed by atoms with E-state index in [1.807, 2.05) is 6.92 Å². The van der Waals surface area contributed by atoms with Crippen molar-refractivity contribution in [2.45, 2.75) is 19.8 Å². The van der Waals surface area contributed by atoms with Gasteiger partial charge in [0.2, 0.25) is 5.91 Å². The number of nitrogens with one attached hydrogen (secondary N) is 1. The second-order valence-corrected chi connectivity index (χ2v) is 4.02. The summed E-state index contributed by atoms with van der Waals surface area (Å²) in [6.45, 7) is 2.24. The normalized spacial score (nSPS) is 11.7. The van der Waals surface area contributed by atoms with Gasteiger partial charge in [0.05, 0.1) is 11.5 Å². The van der Waals surface area contributed by atoms with E-state index in [1.165, 1.54) is 12.1 Å². The van der Waals surface area contributed by atoms with Crippen molar-refractivity contribution in [3.8, 4) is 6.07 Å². The van der Waals surface area contributed by atoms with Crippen LogP contribution in [0.2, 0.25) is 0 Å². The molecule has 0 aliphatic carbocycles. The maximum atomic E-state index is 13.1. The number of carbonyl (C=O) groups is 1. The topological polar surface area (TPSA) is 78.9 Å². The van der Waals surface area contributed by atoms with Gasteiger partial charge in [-0.1, -0.05) is 13.3 Å². The van der Waals surface area contributed by atoms with Gasteiger partial charge in [-0.3, -0.25) is 4.79 Å². The second-order valence-electron chi connectivity index (χ2n) is 4.02. The van der Waals surface area contributed by atoms with Crippen LogP contribution in [0, 0.1) is 23.1 Å². The number of anilines is 1. The number of amides is 1. The van der Waals surface area contributed by atoms with E-state index in [4.69, 9.17) is 11.0 Å². The molecular formula is C13H16FN3O. The highest BCUT2D eigenvalue weighted by Crippen LogP contribution is 2.15. The van der Waals surface area contributed by atoms with Crippen LogP contribution < -0.4 is 11.1 Å². The summed E-state index contributed by atoms with van der Waals surface area (Å²) in [6.07, 6.45) is 1.57. The second kappa shape index (κ2) is 6.72. The van der Waals surface area contributed by atoms with Gasteiger partial charge < -0.3 is 11.1 Å². The average Bonchev–Trinajstić information content (AvgIpc) is 2.38. The molecule has 0 aliphatic rings. The molecule has 1 rings (SSSR count). The first-order valence-corrected chi connectivity index (χ1v) is 5.83. The molecule has 0 radical (unpaired) electrons.